The number of halogens is 1. The molecule has 1 aliphatic rings. The Labute approximate surface area is 101 Å². The average molecular weight is 241 g/mol. The molecule has 0 spiro atoms. The van der Waals surface area contributed by atoms with Crippen LogP contribution in [0, 0.1) is 0 Å². The monoisotopic (exact) mass is 240 g/mol. The highest BCUT2D eigenvalue weighted by Gasteiger charge is 2.28. The number of hydrogen-bond donors (Lipinski definition) is 1. The van der Waals surface area contributed by atoms with Crippen LogP contribution in [-0.4, -0.2) is 40.5 Å². The van der Waals surface area contributed by atoms with Crippen LogP contribution in [-0.2, 0) is 0 Å². The molecule has 4 nitrogen and oxygen atoms in total. The predicted octanol–water partition coefficient (Wildman–Crippen LogP) is 2.02. The van der Waals surface area contributed by atoms with E-state index < -0.39 is 0 Å². The molecule has 1 saturated carbocycles. The lowest BCUT2D eigenvalue weighted by atomic mass is 10.3. The highest BCUT2D eigenvalue weighted by atomic mass is 35.5. The fraction of sp³-hybridized carbons (Fsp3) is 0.636. The number of hydrogen-bond acceptors (Lipinski definition) is 4. The summed E-state index contributed by atoms with van der Waals surface area (Å²) in [6, 6.07) is 1.27. The lowest BCUT2D eigenvalue weighted by Crippen LogP contribution is -2.36. The molecule has 0 aliphatic heterocycles. The molecule has 0 amide bonds. The van der Waals surface area contributed by atoms with Crippen molar-refractivity contribution in [3.63, 3.8) is 0 Å². The van der Waals surface area contributed by atoms with Crippen LogP contribution in [0.4, 0.5) is 5.95 Å². The van der Waals surface area contributed by atoms with E-state index in [4.69, 9.17) is 11.6 Å². The first-order chi connectivity index (χ1) is 7.66. The Kier molecular flexibility index (Phi) is 3.61. The fourth-order valence-corrected chi connectivity index (χ4v) is 1.73. The molecule has 5 heteroatoms. The quantitative estimate of drug-likeness (QED) is 0.855. The molecular weight excluding hydrogens is 224 g/mol. The minimum atomic E-state index is 0.492. The van der Waals surface area contributed by atoms with Gasteiger partial charge >= 0.3 is 0 Å². The Bertz CT molecular complexity index is 336. The molecule has 2 rings (SSSR count). The average Bonchev–Trinajstić information content (AvgIpc) is 3.11. The van der Waals surface area contributed by atoms with Gasteiger partial charge in [0.05, 0.1) is 17.4 Å². The molecule has 1 aliphatic carbocycles. The van der Waals surface area contributed by atoms with E-state index in [9.17, 15) is 0 Å². The third kappa shape index (κ3) is 3.06. The van der Waals surface area contributed by atoms with Crippen LogP contribution >= 0.6 is 11.6 Å². The molecule has 0 radical (unpaired) electrons. The van der Waals surface area contributed by atoms with E-state index in [-0.39, 0.29) is 0 Å². The third-order valence-electron chi connectivity index (χ3n) is 2.99. The summed E-state index contributed by atoms with van der Waals surface area (Å²) in [6.45, 7) is 3.07. The van der Waals surface area contributed by atoms with E-state index in [0.717, 1.165) is 12.6 Å². The summed E-state index contributed by atoms with van der Waals surface area (Å²) in [4.78, 5) is 10.6. The van der Waals surface area contributed by atoms with Crippen molar-refractivity contribution in [2.24, 2.45) is 0 Å². The Balaban J connectivity index is 1.79. The second kappa shape index (κ2) is 4.97. The number of nitrogens with zero attached hydrogens (tertiary/aromatic N) is 3. The summed E-state index contributed by atoms with van der Waals surface area (Å²) < 4.78 is 0. The lowest BCUT2D eigenvalue weighted by molar-refractivity contribution is 0.257. The van der Waals surface area contributed by atoms with Crippen LogP contribution in [0.2, 0.25) is 5.02 Å². The maximum atomic E-state index is 5.71. The first-order valence-corrected chi connectivity index (χ1v) is 5.98. The first kappa shape index (κ1) is 11.6. The second-order valence-electron chi connectivity index (χ2n) is 4.35. The molecular formula is C11H17ClN4. The van der Waals surface area contributed by atoms with E-state index in [0.29, 0.717) is 17.0 Å². The van der Waals surface area contributed by atoms with Gasteiger partial charge in [0.1, 0.15) is 0 Å². The standard InChI is InChI=1S/C11H17ClN4/c1-8(16(2)10-3-4-10)5-13-11-14-6-9(12)7-15-11/h6-8,10H,3-5H2,1-2H3,(H,13,14,15). The van der Waals surface area contributed by atoms with Gasteiger partial charge in [0, 0.05) is 18.6 Å². The second-order valence-corrected chi connectivity index (χ2v) is 4.79. The fourth-order valence-electron chi connectivity index (χ4n) is 1.63. The van der Waals surface area contributed by atoms with Crippen LogP contribution in [0.1, 0.15) is 19.8 Å². The Morgan fingerprint density at radius 3 is 2.69 bits per heavy atom. The summed E-state index contributed by atoms with van der Waals surface area (Å²) >= 11 is 5.71. The number of aromatic nitrogens is 2. The lowest BCUT2D eigenvalue weighted by Gasteiger charge is -2.24. The molecule has 1 fully saturated rings. The van der Waals surface area contributed by atoms with Crippen LogP contribution in [0.15, 0.2) is 12.4 Å². The minimum absolute atomic E-state index is 0.492. The molecule has 0 bridgehead atoms. The van der Waals surface area contributed by atoms with Gasteiger partial charge in [-0.3, -0.25) is 4.90 Å². The molecule has 1 atom stereocenters. The van der Waals surface area contributed by atoms with Gasteiger partial charge in [-0.2, -0.15) is 0 Å². The third-order valence-corrected chi connectivity index (χ3v) is 3.19. The van der Waals surface area contributed by atoms with Gasteiger partial charge in [-0.15, -0.1) is 0 Å². The summed E-state index contributed by atoms with van der Waals surface area (Å²) in [7, 11) is 2.17. The zero-order chi connectivity index (χ0) is 11.5. The Morgan fingerprint density at radius 2 is 2.12 bits per heavy atom. The first-order valence-electron chi connectivity index (χ1n) is 5.60. The van der Waals surface area contributed by atoms with E-state index in [2.05, 4.69) is 34.2 Å². The summed E-state index contributed by atoms with van der Waals surface area (Å²) in [5, 5.41) is 3.78. The molecule has 1 aromatic rings. The van der Waals surface area contributed by atoms with E-state index in [1.807, 2.05) is 0 Å². The van der Waals surface area contributed by atoms with E-state index in [1.165, 1.54) is 12.8 Å². The van der Waals surface area contributed by atoms with Gasteiger partial charge in [-0.05, 0) is 26.8 Å². The predicted molar refractivity (Wildman–Crippen MR) is 65.8 cm³/mol. The van der Waals surface area contributed by atoms with Gasteiger partial charge in [-0.1, -0.05) is 11.6 Å². The number of rotatable bonds is 5. The van der Waals surface area contributed by atoms with Crippen molar-refractivity contribution in [2.45, 2.75) is 31.8 Å². The van der Waals surface area contributed by atoms with Crippen molar-refractivity contribution in [2.75, 3.05) is 18.9 Å². The normalized spacial score (nSPS) is 17.5. The molecule has 16 heavy (non-hydrogen) atoms. The van der Waals surface area contributed by atoms with Crippen LogP contribution in [0.3, 0.4) is 0 Å². The number of anilines is 1. The van der Waals surface area contributed by atoms with Gasteiger partial charge in [0.15, 0.2) is 0 Å². The van der Waals surface area contributed by atoms with Crippen molar-refractivity contribution in [3.05, 3.63) is 17.4 Å². The van der Waals surface area contributed by atoms with Gasteiger partial charge in [-0.25, -0.2) is 9.97 Å². The molecule has 1 unspecified atom stereocenters. The van der Waals surface area contributed by atoms with Crippen LogP contribution < -0.4 is 5.32 Å². The van der Waals surface area contributed by atoms with Gasteiger partial charge < -0.3 is 5.32 Å². The van der Waals surface area contributed by atoms with Crippen molar-refractivity contribution >= 4 is 17.5 Å². The van der Waals surface area contributed by atoms with Gasteiger partial charge in [0.2, 0.25) is 5.95 Å². The topological polar surface area (TPSA) is 41.1 Å². The highest BCUT2D eigenvalue weighted by Crippen LogP contribution is 2.26. The van der Waals surface area contributed by atoms with Crippen molar-refractivity contribution in [3.8, 4) is 0 Å². The summed E-state index contributed by atoms with van der Waals surface area (Å²) in [6.07, 6.45) is 5.87. The molecule has 0 saturated heterocycles. The van der Waals surface area contributed by atoms with E-state index >= 15 is 0 Å². The van der Waals surface area contributed by atoms with Crippen molar-refractivity contribution in [1.82, 2.24) is 14.9 Å². The largest absolute Gasteiger partial charge is 0.353 e. The smallest absolute Gasteiger partial charge is 0.222 e. The van der Waals surface area contributed by atoms with E-state index in [1.54, 1.807) is 12.4 Å². The van der Waals surface area contributed by atoms with Crippen molar-refractivity contribution in [1.29, 1.82) is 0 Å². The zero-order valence-electron chi connectivity index (χ0n) is 9.65. The van der Waals surface area contributed by atoms with Crippen molar-refractivity contribution < 1.29 is 0 Å². The summed E-state index contributed by atoms with van der Waals surface area (Å²) in [5.74, 6) is 0.639. The van der Waals surface area contributed by atoms with Crippen LogP contribution in [0.5, 0.6) is 0 Å². The molecule has 0 aromatic carbocycles. The van der Waals surface area contributed by atoms with Crippen LogP contribution in [0.25, 0.3) is 0 Å². The highest BCUT2D eigenvalue weighted by molar-refractivity contribution is 6.30. The SMILES string of the molecule is CC(CNc1ncc(Cl)cn1)N(C)C1CC1. The Morgan fingerprint density at radius 1 is 1.50 bits per heavy atom. The maximum absolute atomic E-state index is 5.71. The molecule has 1 N–H and O–H groups in total. The minimum Gasteiger partial charge on any atom is -0.353 e. The number of nitrogens with one attached hydrogen (secondary N) is 1. The molecule has 1 aromatic heterocycles. The van der Waals surface area contributed by atoms with Gasteiger partial charge in [0.25, 0.3) is 0 Å². The number of likely N-dealkylation sites (N-methyl/N-ethyl adjacent to an activating group) is 1. The molecule has 88 valence electrons. The maximum Gasteiger partial charge on any atom is 0.222 e. The zero-order valence-corrected chi connectivity index (χ0v) is 10.4. The molecule has 1 heterocycles. The summed E-state index contributed by atoms with van der Waals surface area (Å²) in [5.41, 5.74) is 0. The Hall–Kier alpha value is -0.870.